The van der Waals surface area contributed by atoms with E-state index < -0.39 is 0 Å². The monoisotopic (exact) mass is 435 g/mol. The molecule has 6 nitrogen and oxygen atoms in total. The lowest BCUT2D eigenvalue weighted by molar-refractivity contribution is -0.136. The third kappa shape index (κ3) is 6.55. The molecule has 0 spiro atoms. The summed E-state index contributed by atoms with van der Waals surface area (Å²) >= 11 is 0. The van der Waals surface area contributed by atoms with E-state index in [1.165, 1.54) is 0 Å². The van der Waals surface area contributed by atoms with Crippen molar-refractivity contribution in [2.45, 2.75) is 59.0 Å². The summed E-state index contributed by atoms with van der Waals surface area (Å²) in [5.74, 6) is 1.32. The first-order valence-corrected chi connectivity index (χ1v) is 12.0. The van der Waals surface area contributed by atoms with Gasteiger partial charge in [0.05, 0.1) is 12.2 Å². The largest absolute Gasteiger partial charge is 0.357 e. The summed E-state index contributed by atoms with van der Waals surface area (Å²) in [7, 11) is 0. The van der Waals surface area contributed by atoms with Gasteiger partial charge in [-0.3, -0.25) is 9.78 Å². The fourth-order valence-corrected chi connectivity index (χ4v) is 4.19. The van der Waals surface area contributed by atoms with Gasteiger partial charge in [-0.2, -0.15) is 0 Å². The van der Waals surface area contributed by atoms with Crippen LogP contribution in [0.25, 0.3) is 11.3 Å². The number of carbonyl (C=O) groups is 1. The maximum absolute atomic E-state index is 12.6. The van der Waals surface area contributed by atoms with Gasteiger partial charge in [0.25, 0.3) is 0 Å². The number of carbonyl (C=O) groups excluding carboxylic acids is 1. The standard InChI is InChI=1S/C26H37N5O/c1-4-21(5-2)25(32)31-16-13-23(14-17-31)30-26(27-6-3)29-19-20-10-9-11-22(18-20)24-12-7-8-15-28-24/h7-12,15,18,21,23H,4-6,13-14,16-17,19H2,1-3H3,(H2,27,29,30). The average molecular weight is 436 g/mol. The first kappa shape index (κ1) is 23.8. The molecule has 3 rings (SSSR count). The fraction of sp³-hybridized carbons (Fsp3) is 0.500. The summed E-state index contributed by atoms with van der Waals surface area (Å²) in [6.07, 6.45) is 5.56. The topological polar surface area (TPSA) is 69.6 Å². The number of likely N-dealkylation sites (tertiary alicyclic amines) is 1. The summed E-state index contributed by atoms with van der Waals surface area (Å²) < 4.78 is 0. The number of benzene rings is 1. The van der Waals surface area contributed by atoms with Crippen molar-refractivity contribution in [3.63, 3.8) is 0 Å². The van der Waals surface area contributed by atoms with Crippen molar-refractivity contribution in [2.75, 3.05) is 19.6 Å². The second-order valence-electron chi connectivity index (χ2n) is 8.37. The summed E-state index contributed by atoms with van der Waals surface area (Å²) in [4.78, 5) is 23.9. The van der Waals surface area contributed by atoms with Crippen molar-refractivity contribution in [1.82, 2.24) is 20.5 Å². The van der Waals surface area contributed by atoms with Crippen LogP contribution in [0.15, 0.2) is 53.7 Å². The number of piperidine rings is 1. The van der Waals surface area contributed by atoms with Crippen molar-refractivity contribution < 1.29 is 4.79 Å². The van der Waals surface area contributed by atoms with Crippen LogP contribution in [-0.2, 0) is 11.3 Å². The van der Waals surface area contributed by atoms with Crippen LogP contribution in [0.5, 0.6) is 0 Å². The maximum atomic E-state index is 12.6. The molecule has 2 heterocycles. The van der Waals surface area contributed by atoms with Crippen molar-refractivity contribution >= 4 is 11.9 Å². The predicted octanol–water partition coefficient (Wildman–Crippen LogP) is 4.23. The van der Waals surface area contributed by atoms with Gasteiger partial charge >= 0.3 is 0 Å². The van der Waals surface area contributed by atoms with Crippen molar-refractivity contribution in [2.24, 2.45) is 10.9 Å². The number of guanidine groups is 1. The van der Waals surface area contributed by atoms with E-state index in [0.29, 0.717) is 18.5 Å². The van der Waals surface area contributed by atoms with Crippen LogP contribution in [0.1, 0.15) is 52.0 Å². The van der Waals surface area contributed by atoms with E-state index in [-0.39, 0.29) is 5.92 Å². The van der Waals surface area contributed by atoms with Crippen LogP contribution in [0.2, 0.25) is 0 Å². The van der Waals surface area contributed by atoms with E-state index in [1.807, 2.05) is 29.3 Å². The molecule has 0 saturated carbocycles. The molecule has 1 aliphatic rings. The molecular formula is C26H37N5O. The Kier molecular flexibility index (Phi) is 9.08. The normalized spacial score (nSPS) is 15.1. The third-order valence-corrected chi connectivity index (χ3v) is 6.13. The lowest BCUT2D eigenvalue weighted by Crippen LogP contribution is -2.50. The summed E-state index contributed by atoms with van der Waals surface area (Å²) in [5.41, 5.74) is 3.22. The minimum Gasteiger partial charge on any atom is -0.357 e. The number of pyridine rings is 1. The first-order chi connectivity index (χ1) is 15.6. The molecule has 1 amide bonds. The molecule has 6 heteroatoms. The van der Waals surface area contributed by atoms with Gasteiger partial charge in [-0.05, 0) is 56.4 Å². The molecule has 2 N–H and O–H groups in total. The minimum absolute atomic E-state index is 0.167. The van der Waals surface area contributed by atoms with Gasteiger partial charge in [0, 0.05) is 43.4 Å². The van der Waals surface area contributed by atoms with Crippen molar-refractivity contribution in [3.8, 4) is 11.3 Å². The number of aromatic nitrogens is 1. The smallest absolute Gasteiger partial charge is 0.225 e. The lowest BCUT2D eigenvalue weighted by Gasteiger charge is -2.34. The van der Waals surface area contributed by atoms with Crippen molar-refractivity contribution in [1.29, 1.82) is 0 Å². The number of hydrogen-bond acceptors (Lipinski definition) is 3. The quantitative estimate of drug-likeness (QED) is 0.481. The molecule has 1 fully saturated rings. The average Bonchev–Trinajstić information content (AvgIpc) is 2.84. The Hall–Kier alpha value is -2.89. The van der Waals surface area contributed by atoms with Crippen LogP contribution in [0, 0.1) is 5.92 Å². The Bertz CT molecular complexity index is 871. The van der Waals surface area contributed by atoms with E-state index in [4.69, 9.17) is 4.99 Å². The van der Waals surface area contributed by atoms with Crippen LogP contribution < -0.4 is 10.6 Å². The Labute approximate surface area is 192 Å². The summed E-state index contributed by atoms with van der Waals surface area (Å²) in [5, 5.41) is 6.94. The van der Waals surface area contributed by atoms with Gasteiger partial charge in [-0.1, -0.05) is 38.1 Å². The Morgan fingerprint density at radius 3 is 2.56 bits per heavy atom. The summed E-state index contributed by atoms with van der Waals surface area (Å²) in [6, 6.07) is 14.7. The number of hydrogen-bond donors (Lipinski definition) is 2. The molecular weight excluding hydrogens is 398 g/mol. The highest BCUT2D eigenvalue weighted by Crippen LogP contribution is 2.19. The van der Waals surface area contributed by atoms with Crippen LogP contribution in [-0.4, -0.2) is 47.4 Å². The Morgan fingerprint density at radius 2 is 1.91 bits per heavy atom. The number of amides is 1. The number of nitrogens with one attached hydrogen (secondary N) is 2. The van der Waals surface area contributed by atoms with Gasteiger partial charge in [-0.25, -0.2) is 4.99 Å². The highest BCUT2D eigenvalue weighted by atomic mass is 16.2. The summed E-state index contributed by atoms with van der Waals surface area (Å²) in [6.45, 7) is 9.33. The third-order valence-electron chi connectivity index (χ3n) is 6.13. The molecule has 1 aliphatic heterocycles. The molecule has 2 aromatic rings. The Morgan fingerprint density at radius 1 is 1.12 bits per heavy atom. The zero-order chi connectivity index (χ0) is 22.8. The second kappa shape index (κ2) is 12.2. The molecule has 32 heavy (non-hydrogen) atoms. The zero-order valence-electron chi connectivity index (χ0n) is 19.7. The highest BCUT2D eigenvalue weighted by molar-refractivity contribution is 5.80. The molecule has 0 atom stereocenters. The van der Waals surface area contributed by atoms with Gasteiger partial charge in [0.2, 0.25) is 5.91 Å². The minimum atomic E-state index is 0.167. The van der Waals surface area contributed by atoms with E-state index in [2.05, 4.69) is 60.7 Å². The molecule has 0 unspecified atom stereocenters. The van der Waals surface area contributed by atoms with Gasteiger partial charge in [-0.15, -0.1) is 0 Å². The van der Waals surface area contributed by atoms with E-state index >= 15 is 0 Å². The van der Waals surface area contributed by atoms with Crippen LogP contribution in [0.4, 0.5) is 0 Å². The Balaban J connectivity index is 1.58. The number of nitrogens with zero attached hydrogens (tertiary/aromatic N) is 3. The molecule has 1 aromatic carbocycles. The van der Waals surface area contributed by atoms with E-state index in [1.54, 1.807) is 0 Å². The molecule has 1 saturated heterocycles. The molecule has 0 radical (unpaired) electrons. The molecule has 0 aliphatic carbocycles. The van der Waals surface area contributed by atoms with Crippen LogP contribution in [0.3, 0.4) is 0 Å². The first-order valence-electron chi connectivity index (χ1n) is 12.0. The molecule has 172 valence electrons. The highest BCUT2D eigenvalue weighted by Gasteiger charge is 2.26. The molecule has 0 bridgehead atoms. The number of aliphatic imine (C=N–C) groups is 1. The second-order valence-corrected chi connectivity index (χ2v) is 8.37. The van der Waals surface area contributed by atoms with E-state index in [9.17, 15) is 4.79 Å². The molecule has 1 aromatic heterocycles. The van der Waals surface area contributed by atoms with Crippen molar-refractivity contribution in [3.05, 3.63) is 54.2 Å². The van der Waals surface area contributed by atoms with Gasteiger partial charge < -0.3 is 15.5 Å². The zero-order valence-corrected chi connectivity index (χ0v) is 19.7. The fourth-order valence-electron chi connectivity index (χ4n) is 4.19. The van der Waals surface area contributed by atoms with Gasteiger partial charge in [0.1, 0.15) is 0 Å². The lowest BCUT2D eigenvalue weighted by atomic mass is 9.98. The SMILES string of the molecule is CCNC(=NCc1cccc(-c2ccccn2)c1)NC1CCN(C(=O)C(CC)CC)CC1. The van der Waals surface area contributed by atoms with E-state index in [0.717, 1.165) is 68.1 Å². The number of rotatable bonds is 8. The predicted molar refractivity (Wildman–Crippen MR) is 131 cm³/mol. The van der Waals surface area contributed by atoms with Crippen LogP contribution >= 0.6 is 0 Å². The van der Waals surface area contributed by atoms with Gasteiger partial charge in [0.15, 0.2) is 5.96 Å². The maximum Gasteiger partial charge on any atom is 0.225 e.